The summed E-state index contributed by atoms with van der Waals surface area (Å²) in [5.74, 6) is 1.94. The van der Waals surface area contributed by atoms with Gasteiger partial charge in [-0.1, -0.05) is 6.42 Å². The van der Waals surface area contributed by atoms with Gasteiger partial charge in [0.1, 0.15) is 11.5 Å². The number of benzene rings is 1. The van der Waals surface area contributed by atoms with Crippen molar-refractivity contribution in [1.29, 1.82) is 5.26 Å². The van der Waals surface area contributed by atoms with Gasteiger partial charge in [0.2, 0.25) is 0 Å². The van der Waals surface area contributed by atoms with Gasteiger partial charge in [-0.05, 0) is 37.8 Å². The molecule has 4 rings (SSSR count). The number of rotatable bonds is 3. The van der Waals surface area contributed by atoms with Gasteiger partial charge < -0.3 is 9.47 Å². The average molecular weight is 352 g/mol. The first-order chi connectivity index (χ1) is 12.7. The molecule has 0 radical (unpaired) electrons. The molecular formula is C18H20N6O2. The fraction of sp³-hybridized carbons (Fsp3) is 0.500. The van der Waals surface area contributed by atoms with Crippen molar-refractivity contribution in [3.05, 3.63) is 45.5 Å². The Morgan fingerprint density at radius 3 is 2.88 bits per heavy atom. The number of nitrogens with zero attached hydrogens (tertiary/aromatic N) is 6. The highest BCUT2D eigenvalue weighted by Gasteiger charge is 2.34. The van der Waals surface area contributed by atoms with E-state index in [0.29, 0.717) is 11.3 Å². The van der Waals surface area contributed by atoms with Gasteiger partial charge in [0.25, 0.3) is 5.69 Å². The minimum Gasteiger partial charge on any atom is -0.356 e. The molecule has 1 aromatic heterocycles. The molecule has 8 nitrogen and oxygen atoms in total. The summed E-state index contributed by atoms with van der Waals surface area (Å²) < 4.78 is 2.21. The molecule has 2 aliphatic rings. The maximum atomic E-state index is 11.6. The summed E-state index contributed by atoms with van der Waals surface area (Å²) in [4.78, 5) is 13.2. The standard InChI is InChI=1S/C18H20N6O2/c19-12-13-7-8-14(16(11-13)24(25)26)22-10-4-5-15(22)18-21-20-17-6-2-1-3-9-23(17)18/h7-8,11,15H,1-6,9-10H2. The minimum absolute atomic E-state index is 0.0130. The van der Waals surface area contributed by atoms with Gasteiger partial charge in [-0.15, -0.1) is 10.2 Å². The summed E-state index contributed by atoms with van der Waals surface area (Å²) in [5.41, 5.74) is 0.835. The zero-order valence-electron chi connectivity index (χ0n) is 14.5. The van der Waals surface area contributed by atoms with Crippen LogP contribution in [0.2, 0.25) is 0 Å². The molecule has 1 saturated heterocycles. The monoisotopic (exact) mass is 352 g/mol. The average Bonchev–Trinajstić information content (AvgIpc) is 3.21. The normalized spacial score (nSPS) is 19.7. The number of fused-ring (bicyclic) bond motifs is 1. The van der Waals surface area contributed by atoms with Crippen LogP contribution >= 0.6 is 0 Å². The van der Waals surface area contributed by atoms with Gasteiger partial charge >= 0.3 is 0 Å². The van der Waals surface area contributed by atoms with Crippen LogP contribution in [-0.4, -0.2) is 26.2 Å². The second kappa shape index (κ2) is 6.75. The molecule has 8 heteroatoms. The fourth-order valence-corrected chi connectivity index (χ4v) is 4.06. The molecule has 1 unspecified atom stereocenters. The largest absolute Gasteiger partial charge is 0.356 e. The highest BCUT2D eigenvalue weighted by atomic mass is 16.6. The van der Waals surface area contributed by atoms with Gasteiger partial charge in [-0.25, -0.2) is 0 Å². The molecule has 1 atom stereocenters. The maximum absolute atomic E-state index is 11.6. The first-order valence-electron chi connectivity index (χ1n) is 9.06. The van der Waals surface area contributed by atoms with E-state index in [0.717, 1.165) is 56.8 Å². The van der Waals surface area contributed by atoms with Gasteiger partial charge in [0.05, 0.1) is 22.6 Å². The number of aryl methyl sites for hydroxylation is 1. The lowest BCUT2D eigenvalue weighted by Gasteiger charge is -2.26. The van der Waals surface area contributed by atoms with Crippen molar-refractivity contribution < 1.29 is 4.92 Å². The fourth-order valence-electron chi connectivity index (χ4n) is 4.06. The van der Waals surface area contributed by atoms with Crippen molar-refractivity contribution in [2.75, 3.05) is 11.4 Å². The van der Waals surface area contributed by atoms with E-state index in [1.54, 1.807) is 12.1 Å². The quantitative estimate of drug-likeness (QED) is 0.621. The minimum atomic E-state index is -0.407. The van der Waals surface area contributed by atoms with E-state index in [4.69, 9.17) is 5.26 Å². The van der Waals surface area contributed by atoms with Crippen molar-refractivity contribution >= 4 is 11.4 Å². The van der Waals surface area contributed by atoms with Gasteiger partial charge in [0.15, 0.2) is 5.82 Å². The molecule has 3 heterocycles. The third-order valence-corrected chi connectivity index (χ3v) is 5.30. The molecule has 0 aliphatic carbocycles. The van der Waals surface area contributed by atoms with Crippen molar-refractivity contribution in [2.24, 2.45) is 0 Å². The summed E-state index contributed by atoms with van der Waals surface area (Å²) in [6.07, 6.45) is 6.23. The second-order valence-corrected chi connectivity index (χ2v) is 6.86. The van der Waals surface area contributed by atoms with E-state index in [-0.39, 0.29) is 11.7 Å². The van der Waals surface area contributed by atoms with E-state index >= 15 is 0 Å². The lowest BCUT2D eigenvalue weighted by Crippen LogP contribution is -2.26. The Hall–Kier alpha value is -2.95. The van der Waals surface area contributed by atoms with Crippen molar-refractivity contribution in [1.82, 2.24) is 14.8 Å². The number of nitro benzene ring substituents is 1. The number of hydrogen-bond donors (Lipinski definition) is 0. The Bertz CT molecular complexity index is 884. The maximum Gasteiger partial charge on any atom is 0.293 e. The Morgan fingerprint density at radius 2 is 2.08 bits per heavy atom. The van der Waals surface area contributed by atoms with Gasteiger partial charge in [-0.2, -0.15) is 5.26 Å². The van der Waals surface area contributed by atoms with E-state index in [1.165, 1.54) is 12.5 Å². The molecule has 0 N–H and O–H groups in total. The number of anilines is 1. The van der Waals surface area contributed by atoms with Crippen LogP contribution in [0.5, 0.6) is 0 Å². The molecule has 0 amide bonds. The number of hydrogen-bond acceptors (Lipinski definition) is 6. The number of nitro groups is 1. The molecule has 0 saturated carbocycles. The van der Waals surface area contributed by atoms with Gasteiger partial charge in [-0.3, -0.25) is 10.1 Å². The molecule has 26 heavy (non-hydrogen) atoms. The SMILES string of the molecule is N#Cc1ccc(N2CCCC2c2nnc3n2CCCCC3)c([N+](=O)[O-])c1. The topological polar surface area (TPSA) is 101 Å². The predicted octanol–water partition coefficient (Wildman–Crippen LogP) is 3.13. The Balaban J connectivity index is 1.74. The van der Waals surface area contributed by atoms with Crippen molar-refractivity contribution in [3.63, 3.8) is 0 Å². The highest BCUT2D eigenvalue weighted by molar-refractivity contribution is 5.66. The molecule has 0 spiro atoms. The molecule has 1 fully saturated rings. The third-order valence-electron chi connectivity index (χ3n) is 5.30. The number of aromatic nitrogens is 3. The van der Waals surface area contributed by atoms with E-state index in [9.17, 15) is 10.1 Å². The lowest BCUT2D eigenvalue weighted by atomic mass is 10.1. The summed E-state index contributed by atoms with van der Waals surface area (Å²) in [6, 6.07) is 6.65. The molecule has 2 aliphatic heterocycles. The summed E-state index contributed by atoms with van der Waals surface area (Å²) in [5, 5.41) is 29.4. The Labute approximate surface area is 151 Å². The zero-order valence-corrected chi connectivity index (χ0v) is 14.5. The first-order valence-corrected chi connectivity index (χ1v) is 9.06. The van der Waals surface area contributed by atoms with Crippen molar-refractivity contribution in [3.8, 4) is 6.07 Å². The Morgan fingerprint density at radius 1 is 1.19 bits per heavy atom. The molecule has 2 aromatic rings. The molecule has 0 bridgehead atoms. The zero-order chi connectivity index (χ0) is 18.1. The highest BCUT2D eigenvalue weighted by Crippen LogP contribution is 2.40. The van der Waals surface area contributed by atoms with E-state index < -0.39 is 4.92 Å². The van der Waals surface area contributed by atoms with E-state index in [1.807, 2.05) is 6.07 Å². The summed E-state index contributed by atoms with van der Waals surface area (Å²) >= 11 is 0. The predicted molar refractivity (Wildman–Crippen MR) is 94.7 cm³/mol. The summed E-state index contributed by atoms with van der Waals surface area (Å²) in [6.45, 7) is 1.65. The lowest BCUT2D eigenvalue weighted by molar-refractivity contribution is -0.384. The van der Waals surface area contributed by atoms with Crippen LogP contribution in [0.15, 0.2) is 18.2 Å². The number of nitriles is 1. The Kier molecular flexibility index (Phi) is 4.29. The van der Waals surface area contributed by atoms with Gasteiger partial charge in [0, 0.05) is 25.6 Å². The first kappa shape index (κ1) is 16.5. The van der Waals surface area contributed by atoms with Crippen LogP contribution in [0.1, 0.15) is 55.4 Å². The molecule has 1 aromatic carbocycles. The van der Waals surface area contributed by atoms with Crippen LogP contribution in [0.3, 0.4) is 0 Å². The van der Waals surface area contributed by atoms with Crippen LogP contribution in [-0.2, 0) is 13.0 Å². The van der Waals surface area contributed by atoms with Crippen molar-refractivity contribution in [2.45, 2.75) is 51.1 Å². The van der Waals surface area contributed by atoms with Crippen LogP contribution in [0.25, 0.3) is 0 Å². The second-order valence-electron chi connectivity index (χ2n) is 6.86. The smallest absolute Gasteiger partial charge is 0.293 e. The van der Waals surface area contributed by atoms with E-state index in [2.05, 4.69) is 19.7 Å². The molecular weight excluding hydrogens is 332 g/mol. The third kappa shape index (κ3) is 2.79. The van der Waals surface area contributed by atoms with Crippen LogP contribution in [0, 0.1) is 21.4 Å². The van der Waals surface area contributed by atoms with Crippen LogP contribution in [0.4, 0.5) is 11.4 Å². The molecule has 134 valence electrons. The summed E-state index contributed by atoms with van der Waals surface area (Å²) in [7, 11) is 0. The van der Waals surface area contributed by atoms with Crippen LogP contribution < -0.4 is 4.90 Å².